The molecule has 0 saturated carbocycles. The smallest absolute Gasteiger partial charge is 0.417 e. The van der Waals surface area contributed by atoms with Crippen molar-refractivity contribution < 1.29 is 27.4 Å². The van der Waals surface area contributed by atoms with Gasteiger partial charge in [0.25, 0.3) is 0 Å². The Bertz CT molecular complexity index is 1500. The van der Waals surface area contributed by atoms with E-state index in [1.807, 2.05) is 52.0 Å². The third-order valence-corrected chi connectivity index (χ3v) is 9.23. The number of fused-ring (bicyclic) bond motifs is 1. The molecule has 256 valence electrons. The summed E-state index contributed by atoms with van der Waals surface area (Å²) in [5, 5.41) is 0.826. The second-order valence-corrected chi connectivity index (χ2v) is 16.2. The summed E-state index contributed by atoms with van der Waals surface area (Å²) in [6.07, 6.45) is -0.0920. The van der Waals surface area contributed by atoms with Crippen LogP contribution in [0.2, 0.25) is 0 Å². The second kappa shape index (κ2) is 13.6. The molecule has 1 heterocycles. The third kappa shape index (κ3) is 9.10. The number of hydrogen-bond donors (Lipinski definition) is 0. The molecule has 2 aromatic carbocycles. The highest BCUT2D eigenvalue weighted by molar-refractivity contribution is 5.88. The number of alkyl halides is 3. The number of rotatable bonds is 12. The van der Waals surface area contributed by atoms with E-state index in [0.29, 0.717) is 36.3 Å². The second-order valence-electron chi connectivity index (χ2n) is 16.2. The average molecular weight is 644 g/mol. The van der Waals surface area contributed by atoms with Gasteiger partial charge in [-0.25, -0.2) is 0 Å². The molecule has 1 aromatic heterocycles. The van der Waals surface area contributed by atoms with Gasteiger partial charge in [0.15, 0.2) is 0 Å². The fraction of sp³-hybridized carbons (Fsp3) is 0.615. The Morgan fingerprint density at radius 1 is 0.891 bits per heavy atom. The monoisotopic (exact) mass is 643 g/mol. The number of unbranched alkanes of at least 4 members (excludes halogenated alkanes) is 2. The molecule has 2 atom stereocenters. The Kier molecular flexibility index (Phi) is 11.1. The van der Waals surface area contributed by atoms with Gasteiger partial charge in [-0.15, -0.1) is 0 Å². The summed E-state index contributed by atoms with van der Waals surface area (Å²) in [6, 6.07) is 12.1. The van der Waals surface area contributed by atoms with Crippen molar-refractivity contribution in [2.24, 2.45) is 23.3 Å². The van der Waals surface area contributed by atoms with Gasteiger partial charge < -0.3 is 14.0 Å². The van der Waals surface area contributed by atoms with Crippen LogP contribution in [0.1, 0.15) is 119 Å². The van der Waals surface area contributed by atoms with Gasteiger partial charge in [0.05, 0.1) is 22.6 Å². The lowest BCUT2D eigenvalue weighted by Gasteiger charge is -2.45. The summed E-state index contributed by atoms with van der Waals surface area (Å²) < 4.78 is 57.0. The summed E-state index contributed by atoms with van der Waals surface area (Å²) in [7, 11) is 1.78. The molecule has 0 saturated heterocycles. The van der Waals surface area contributed by atoms with Crippen molar-refractivity contribution in [3.05, 3.63) is 53.6 Å². The van der Waals surface area contributed by atoms with Crippen LogP contribution in [0.25, 0.3) is 22.2 Å². The number of hydrogen-bond acceptors (Lipinski definition) is 3. The summed E-state index contributed by atoms with van der Waals surface area (Å²) in [4.78, 5) is 13.7. The van der Waals surface area contributed by atoms with Crippen LogP contribution in [0.5, 0.6) is 5.75 Å². The number of carbonyl (C=O) groups is 1. The first kappa shape index (κ1) is 37.5. The van der Waals surface area contributed by atoms with E-state index in [1.54, 1.807) is 23.7 Å². The van der Waals surface area contributed by atoms with Gasteiger partial charge in [-0.1, -0.05) is 73.4 Å². The number of aryl methyl sites for hydroxylation is 2. The van der Waals surface area contributed by atoms with Crippen molar-refractivity contribution >= 4 is 16.9 Å². The number of aromatic nitrogens is 1. The molecule has 0 aliphatic rings. The van der Waals surface area contributed by atoms with E-state index in [-0.39, 0.29) is 28.5 Å². The number of carbonyl (C=O) groups excluding carboxylic acids is 1. The Morgan fingerprint density at radius 2 is 1.54 bits per heavy atom. The summed E-state index contributed by atoms with van der Waals surface area (Å²) in [5.41, 5.74) is -0.272. The zero-order chi connectivity index (χ0) is 34.9. The third-order valence-electron chi connectivity index (χ3n) is 9.23. The molecule has 0 aliphatic carbocycles. The summed E-state index contributed by atoms with van der Waals surface area (Å²) >= 11 is 0. The topological polar surface area (TPSA) is 40.5 Å². The molecule has 46 heavy (non-hydrogen) atoms. The molecule has 3 aromatic rings. The predicted molar refractivity (Wildman–Crippen MR) is 183 cm³/mol. The van der Waals surface area contributed by atoms with Gasteiger partial charge in [-0.2, -0.15) is 13.2 Å². The fourth-order valence-electron chi connectivity index (χ4n) is 6.50. The minimum absolute atomic E-state index is 0.0525. The maximum atomic E-state index is 14.2. The molecular formula is C39H56F3NO3. The van der Waals surface area contributed by atoms with Crippen molar-refractivity contribution in [3.8, 4) is 17.0 Å². The first-order valence-corrected chi connectivity index (χ1v) is 16.7. The van der Waals surface area contributed by atoms with E-state index >= 15 is 0 Å². The quantitative estimate of drug-likeness (QED) is 0.146. The zero-order valence-corrected chi connectivity index (χ0v) is 30.2. The normalized spacial score (nSPS) is 15.1. The maximum absolute atomic E-state index is 14.2. The van der Waals surface area contributed by atoms with Crippen LogP contribution >= 0.6 is 0 Å². The molecule has 0 radical (unpaired) electrons. The van der Waals surface area contributed by atoms with E-state index in [0.717, 1.165) is 30.2 Å². The Hall–Kier alpha value is -2.96. The Morgan fingerprint density at radius 3 is 2.11 bits per heavy atom. The highest BCUT2D eigenvalue weighted by Gasteiger charge is 2.49. The van der Waals surface area contributed by atoms with Crippen LogP contribution in [0.15, 0.2) is 42.5 Å². The molecule has 0 bridgehead atoms. The Balaban J connectivity index is 1.82. The molecule has 0 aliphatic heterocycles. The number of esters is 1. The van der Waals surface area contributed by atoms with Crippen molar-refractivity contribution in [1.82, 2.24) is 4.57 Å². The van der Waals surface area contributed by atoms with Gasteiger partial charge in [-0.3, -0.25) is 4.79 Å². The lowest BCUT2D eigenvalue weighted by atomic mass is 9.61. The summed E-state index contributed by atoms with van der Waals surface area (Å²) in [5.74, 6) is 0.390. The average Bonchev–Trinajstić information content (AvgIpc) is 3.21. The largest absolute Gasteiger partial charge is 0.490 e. The van der Waals surface area contributed by atoms with Crippen molar-refractivity contribution in [2.45, 2.75) is 133 Å². The lowest BCUT2D eigenvalue weighted by molar-refractivity contribution is -0.180. The van der Waals surface area contributed by atoms with Crippen LogP contribution in [0.4, 0.5) is 13.2 Å². The number of nitrogens with zero attached hydrogens (tertiary/aromatic N) is 1. The van der Waals surface area contributed by atoms with Gasteiger partial charge in [0, 0.05) is 36.2 Å². The van der Waals surface area contributed by atoms with Crippen LogP contribution in [0.3, 0.4) is 0 Å². The van der Waals surface area contributed by atoms with Crippen LogP contribution in [0, 0.1) is 16.2 Å². The Labute approximate surface area is 275 Å². The van der Waals surface area contributed by atoms with Gasteiger partial charge >= 0.3 is 12.1 Å². The van der Waals surface area contributed by atoms with Crippen LogP contribution < -0.4 is 4.74 Å². The molecular weight excluding hydrogens is 587 g/mol. The van der Waals surface area contributed by atoms with Crippen molar-refractivity contribution in [3.63, 3.8) is 0 Å². The van der Waals surface area contributed by atoms with Crippen LogP contribution in [-0.4, -0.2) is 22.2 Å². The lowest BCUT2D eigenvalue weighted by Crippen LogP contribution is -2.47. The molecule has 2 unspecified atom stereocenters. The molecule has 4 nitrogen and oxygen atoms in total. The summed E-state index contributed by atoms with van der Waals surface area (Å²) in [6.45, 7) is 22.5. The molecule has 0 amide bonds. The van der Waals surface area contributed by atoms with E-state index in [4.69, 9.17) is 9.47 Å². The standard InChI is InChI=1S/C39H56F3NO3/c1-13-14-15-16-27-17-20-30(31(21-27)39(40,41)42)33-22-28-18-19-29(23-32(28)43(33)12)45-26(2)24-37(9,10)46-34(44)38(11,36(6,7)8)25-35(3,4)5/h17-23,26H,13-16,24-25H2,1-12H3. The van der Waals surface area contributed by atoms with Crippen molar-refractivity contribution in [1.29, 1.82) is 0 Å². The minimum atomic E-state index is -4.47. The molecule has 0 N–H and O–H groups in total. The number of benzene rings is 2. The predicted octanol–water partition coefficient (Wildman–Crippen LogP) is 11.6. The molecule has 0 fully saturated rings. The number of halogens is 3. The molecule has 0 spiro atoms. The SMILES string of the molecule is CCCCCc1ccc(-c2cc3ccc(OC(C)CC(C)(C)OC(=O)C(C)(CC(C)(C)C)C(C)(C)C)cc3n2C)c(C(F)(F)F)c1. The first-order chi connectivity index (χ1) is 21.0. The minimum Gasteiger partial charge on any atom is -0.490 e. The highest BCUT2D eigenvalue weighted by atomic mass is 19.4. The van der Waals surface area contributed by atoms with Crippen molar-refractivity contribution in [2.75, 3.05) is 0 Å². The van der Waals surface area contributed by atoms with Crippen LogP contribution in [-0.2, 0) is 29.2 Å². The van der Waals surface area contributed by atoms with Gasteiger partial charge in [0.1, 0.15) is 11.4 Å². The molecule has 3 rings (SSSR count). The van der Waals surface area contributed by atoms with E-state index in [1.165, 1.54) is 6.07 Å². The first-order valence-electron chi connectivity index (χ1n) is 16.7. The highest BCUT2D eigenvalue weighted by Crippen LogP contribution is 2.48. The fourth-order valence-corrected chi connectivity index (χ4v) is 6.50. The van der Waals surface area contributed by atoms with E-state index in [2.05, 4.69) is 48.5 Å². The van der Waals surface area contributed by atoms with Gasteiger partial charge in [-0.05, 0) is 87.6 Å². The molecule has 7 heteroatoms. The zero-order valence-electron chi connectivity index (χ0n) is 30.2. The van der Waals surface area contributed by atoms with E-state index < -0.39 is 22.8 Å². The van der Waals surface area contributed by atoms with Gasteiger partial charge in [0.2, 0.25) is 0 Å². The number of ether oxygens (including phenoxy) is 2. The van der Waals surface area contributed by atoms with E-state index in [9.17, 15) is 18.0 Å². The maximum Gasteiger partial charge on any atom is 0.417 e.